The number of nitrogens with zero attached hydrogens (tertiary/aromatic N) is 4. The van der Waals surface area contributed by atoms with E-state index in [2.05, 4.69) is 54.7 Å². The second-order valence-electron chi connectivity index (χ2n) is 8.76. The summed E-state index contributed by atoms with van der Waals surface area (Å²) in [5, 5.41) is 9.91. The van der Waals surface area contributed by atoms with Gasteiger partial charge in [-0.3, -0.25) is 19.7 Å². The predicted octanol–water partition coefficient (Wildman–Crippen LogP) is 2.68. The fraction of sp³-hybridized carbons (Fsp3) is 0.545. The molecule has 0 aliphatic carbocycles. The van der Waals surface area contributed by atoms with E-state index in [4.69, 9.17) is 0 Å². The molecule has 1 N–H and O–H groups in total. The van der Waals surface area contributed by atoms with Crippen molar-refractivity contribution in [3.8, 4) is 0 Å². The topological polar surface area (TPSA) is 67.3 Å². The maximum atomic E-state index is 12.3. The third kappa shape index (κ3) is 4.79. The summed E-state index contributed by atoms with van der Waals surface area (Å²) in [7, 11) is 0. The summed E-state index contributed by atoms with van der Waals surface area (Å²) >= 11 is 0. The van der Waals surface area contributed by atoms with Crippen molar-refractivity contribution in [2.75, 3.05) is 50.7 Å². The van der Waals surface area contributed by atoms with Crippen molar-refractivity contribution < 1.29 is 14.8 Å². The molecular formula is C22H32N4O3. The van der Waals surface area contributed by atoms with Crippen LogP contribution in [0.1, 0.15) is 48.4 Å². The Morgan fingerprint density at radius 3 is 2.41 bits per heavy atom. The minimum Gasteiger partial charge on any atom is -0.377 e. The highest BCUT2D eigenvalue weighted by Gasteiger charge is 2.38. The van der Waals surface area contributed by atoms with Gasteiger partial charge in [0.1, 0.15) is 0 Å². The molecule has 29 heavy (non-hydrogen) atoms. The first-order valence-corrected chi connectivity index (χ1v) is 10.3. The first kappa shape index (κ1) is 21.3. The van der Waals surface area contributed by atoms with Crippen LogP contribution in [0.25, 0.3) is 0 Å². The number of hydroxylamine groups is 2. The van der Waals surface area contributed by atoms with Crippen LogP contribution in [0.3, 0.4) is 0 Å². The molecule has 1 fully saturated rings. The number of amides is 2. The zero-order valence-electron chi connectivity index (χ0n) is 17.9. The molecule has 2 heterocycles. The molecule has 2 aliphatic rings. The third-order valence-corrected chi connectivity index (χ3v) is 5.48. The molecule has 3 rings (SSSR count). The van der Waals surface area contributed by atoms with Crippen LogP contribution in [0.2, 0.25) is 0 Å². The lowest BCUT2D eigenvalue weighted by atomic mass is 9.97. The van der Waals surface area contributed by atoms with Crippen molar-refractivity contribution in [3.63, 3.8) is 0 Å². The van der Waals surface area contributed by atoms with E-state index in [1.165, 1.54) is 0 Å². The second-order valence-corrected chi connectivity index (χ2v) is 8.76. The van der Waals surface area contributed by atoms with Crippen molar-refractivity contribution >= 4 is 17.5 Å². The average molecular weight is 401 g/mol. The summed E-state index contributed by atoms with van der Waals surface area (Å²) in [6, 6.07) is 5.22. The molecule has 2 aliphatic heterocycles. The van der Waals surface area contributed by atoms with Crippen LogP contribution in [0.15, 0.2) is 30.5 Å². The zero-order chi connectivity index (χ0) is 21.2. The minimum atomic E-state index is -0.645. The number of hydrogen-bond acceptors (Lipinski definition) is 6. The van der Waals surface area contributed by atoms with Gasteiger partial charge in [0.15, 0.2) is 0 Å². The number of likely N-dealkylation sites (N-methyl/N-ethyl adjacent to an activating group) is 1. The summed E-state index contributed by atoms with van der Waals surface area (Å²) in [5.41, 5.74) is 1.51. The van der Waals surface area contributed by atoms with Crippen molar-refractivity contribution in [2.24, 2.45) is 5.41 Å². The van der Waals surface area contributed by atoms with Gasteiger partial charge in [-0.2, -0.15) is 0 Å². The molecule has 0 unspecified atom stereocenters. The van der Waals surface area contributed by atoms with E-state index in [0.29, 0.717) is 5.56 Å². The molecule has 0 radical (unpaired) electrons. The summed E-state index contributed by atoms with van der Waals surface area (Å²) < 4.78 is 0. The van der Waals surface area contributed by atoms with Gasteiger partial charge in [0.25, 0.3) is 11.8 Å². The lowest BCUT2D eigenvalue weighted by Crippen LogP contribution is -2.48. The average Bonchev–Trinajstić information content (AvgIpc) is 2.92. The fourth-order valence-corrected chi connectivity index (χ4v) is 3.67. The van der Waals surface area contributed by atoms with E-state index in [1.807, 2.05) is 6.07 Å². The lowest BCUT2D eigenvalue weighted by molar-refractivity contribution is -0.0327. The first-order chi connectivity index (χ1) is 13.7. The smallest absolute Gasteiger partial charge is 0.287 e. The van der Waals surface area contributed by atoms with Crippen molar-refractivity contribution in [2.45, 2.75) is 27.7 Å². The van der Waals surface area contributed by atoms with Crippen LogP contribution in [0, 0.1) is 5.41 Å². The molecule has 1 aromatic carbocycles. The molecule has 0 bridgehead atoms. The Balaban J connectivity index is 1.58. The van der Waals surface area contributed by atoms with Gasteiger partial charge in [-0.05, 0) is 30.7 Å². The summed E-state index contributed by atoms with van der Waals surface area (Å²) in [4.78, 5) is 31.2. The quantitative estimate of drug-likeness (QED) is 0.585. The molecule has 2 amide bonds. The Labute approximate surface area is 173 Å². The number of carbonyl (C=O) groups is 2. The van der Waals surface area contributed by atoms with E-state index < -0.39 is 11.8 Å². The van der Waals surface area contributed by atoms with E-state index in [0.717, 1.165) is 51.5 Å². The highest BCUT2D eigenvalue weighted by Crippen LogP contribution is 2.31. The van der Waals surface area contributed by atoms with Crippen LogP contribution < -0.4 is 4.90 Å². The van der Waals surface area contributed by atoms with E-state index in [9.17, 15) is 14.8 Å². The Morgan fingerprint density at radius 1 is 1.10 bits per heavy atom. The van der Waals surface area contributed by atoms with Crippen molar-refractivity contribution in [1.82, 2.24) is 14.9 Å². The Morgan fingerprint density at radius 2 is 1.79 bits per heavy atom. The molecule has 158 valence electrons. The van der Waals surface area contributed by atoms with Crippen LogP contribution in [-0.2, 0) is 0 Å². The van der Waals surface area contributed by atoms with Gasteiger partial charge in [-0.15, -0.1) is 5.06 Å². The molecule has 1 aromatic rings. The Bertz CT molecular complexity index is 792. The van der Waals surface area contributed by atoms with Gasteiger partial charge in [0, 0.05) is 45.8 Å². The standard InChI is InChI=1S/C22H32N4O3/c1-5-23(10-9-22(2,3)4)11-12-24-13-15-25(16-14-24)18-8-6-7-17-19(18)21(28)26(29)20(17)27/h6-10,29H,5,11-16H2,1-4H3/b10-9-. The predicted molar refractivity (Wildman–Crippen MR) is 113 cm³/mol. The highest BCUT2D eigenvalue weighted by molar-refractivity contribution is 6.22. The fourth-order valence-electron chi connectivity index (χ4n) is 3.67. The van der Waals surface area contributed by atoms with Gasteiger partial charge in [-0.1, -0.05) is 32.9 Å². The normalized spacial score (nSPS) is 18.1. The monoisotopic (exact) mass is 400 g/mol. The number of benzene rings is 1. The Kier molecular flexibility index (Phi) is 6.29. The van der Waals surface area contributed by atoms with Crippen molar-refractivity contribution in [1.29, 1.82) is 0 Å². The number of piperazine rings is 1. The van der Waals surface area contributed by atoms with Crippen molar-refractivity contribution in [3.05, 3.63) is 41.6 Å². The third-order valence-electron chi connectivity index (χ3n) is 5.48. The number of rotatable bonds is 6. The van der Waals surface area contributed by atoms with Gasteiger partial charge in [0.05, 0.1) is 16.8 Å². The van der Waals surface area contributed by atoms with Crippen LogP contribution in [0.5, 0.6) is 0 Å². The number of carbonyl (C=O) groups excluding carboxylic acids is 2. The van der Waals surface area contributed by atoms with Crippen LogP contribution in [-0.4, -0.2) is 77.7 Å². The highest BCUT2D eigenvalue weighted by atomic mass is 16.5. The maximum Gasteiger partial charge on any atom is 0.287 e. The maximum absolute atomic E-state index is 12.3. The van der Waals surface area contributed by atoms with E-state index >= 15 is 0 Å². The molecule has 0 saturated carbocycles. The molecule has 0 aromatic heterocycles. The lowest BCUT2D eigenvalue weighted by Gasteiger charge is -2.37. The number of anilines is 1. The van der Waals surface area contributed by atoms with Gasteiger partial charge >= 0.3 is 0 Å². The minimum absolute atomic E-state index is 0.179. The van der Waals surface area contributed by atoms with Gasteiger partial charge < -0.3 is 9.80 Å². The first-order valence-electron chi connectivity index (χ1n) is 10.3. The molecule has 0 atom stereocenters. The molecule has 7 heteroatoms. The largest absolute Gasteiger partial charge is 0.377 e. The molecule has 7 nitrogen and oxygen atoms in total. The van der Waals surface area contributed by atoms with E-state index in [1.54, 1.807) is 12.1 Å². The van der Waals surface area contributed by atoms with Gasteiger partial charge in [0.2, 0.25) is 0 Å². The number of imide groups is 1. The summed E-state index contributed by atoms with van der Waals surface area (Å²) in [6.45, 7) is 15.1. The second kappa shape index (κ2) is 8.55. The SMILES string of the molecule is CCN(/C=C\C(C)(C)C)CCN1CCN(c2cccc3c2C(=O)N(O)C3=O)CC1. The molecule has 0 spiro atoms. The van der Waals surface area contributed by atoms with Gasteiger partial charge in [-0.25, -0.2) is 0 Å². The molecule has 1 saturated heterocycles. The van der Waals surface area contributed by atoms with Crippen LogP contribution in [0.4, 0.5) is 5.69 Å². The molecular weight excluding hydrogens is 368 g/mol. The van der Waals surface area contributed by atoms with E-state index in [-0.39, 0.29) is 16.0 Å². The number of fused-ring (bicyclic) bond motifs is 1. The zero-order valence-corrected chi connectivity index (χ0v) is 17.9. The summed E-state index contributed by atoms with van der Waals surface area (Å²) in [6.07, 6.45) is 4.44. The summed E-state index contributed by atoms with van der Waals surface area (Å²) in [5.74, 6) is -1.28. The number of hydrogen-bond donors (Lipinski definition) is 1. The van der Waals surface area contributed by atoms with Crippen LogP contribution >= 0.6 is 0 Å². The Hall–Kier alpha value is -2.38. The number of allylic oxidation sites excluding steroid dienone is 1.